The van der Waals surface area contributed by atoms with Crippen molar-refractivity contribution in [1.82, 2.24) is 15.0 Å². The van der Waals surface area contributed by atoms with Crippen LogP contribution in [-0.4, -0.2) is 20.7 Å². The Morgan fingerprint density at radius 1 is 1.47 bits per heavy atom. The second-order valence-corrected chi connectivity index (χ2v) is 5.12. The molecule has 0 unspecified atom stereocenters. The van der Waals surface area contributed by atoms with E-state index in [-0.39, 0.29) is 5.69 Å². The maximum absolute atomic E-state index is 11.4. The fourth-order valence-corrected chi connectivity index (χ4v) is 2.68. The van der Waals surface area contributed by atoms with Gasteiger partial charge in [-0.1, -0.05) is 6.07 Å². The molecule has 0 spiro atoms. The van der Waals surface area contributed by atoms with Crippen LogP contribution in [0.2, 0.25) is 0 Å². The highest BCUT2D eigenvalue weighted by Crippen LogP contribution is 2.19. The molecular weight excluding hydrogens is 262 g/mol. The van der Waals surface area contributed by atoms with Crippen LogP contribution in [0.5, 0.6) is 0 Å². The average Bonchev–Trinajstić information content (AvgIpc) is 3.08. The predicted molar refractivity (Wildman–Crippen MR) is 72.4 cm³/mol. The molecule has 3 heterocycles. The van der Waals surface area contributed by atoms with Crippen molar-refractivity contribution in [1.29, 1.82) is 0 Å². The first-order valence-electron chi connectivity index (χ1n) is 5.69. The summed E-state index contributed by atoms with van der Waals surface area (Å²) < 4.78 is 2.05. The maximum atomic E-state index is 11.4. The van der Waals surface area contributed by atoms with Gasteiger partial charge >= 0.3 is 0 Å². The molecule has 0 saturated heterocycles. The lowest BCUT2D eigenvalue weighted by atomic mass is 10.2. The van der Waals surface area contributed by atoms with Gasteiger partial charge in [-0.05, 0) is 23.6 Å². The summed E-state index contributed by atoms with van der Waals surface area (Å²) >= 11 is 1.69. The van der Waals surface area contributed by atoms with Gasteiger partial charge < -0.3 is 4.57 Å². The molecule has 0 bridgehead atoms. The average molecular weight is 273 g/mol. The molecule has 5 nitrogen and oxygen atoms in total. The van der Waals surface area contributed by atoms with Gasteiger partial charge in [-0.25, -0.2) is 5.48 Å². The highest BCUT2D eigenvalue weighted by molar-refractivity contribution is 7.09. The highest BCUT2D eigenvalue weighted by Gasteiger charge is 2.09. The maximum Gasteiger partial charge on any atom is 0.293 e. The Balaban J connectivity index is 2.03. The SMILES string of the molecule is O=C(NO)c1cc2c(ccn2Cc2cccs2)cn1. The van der Waals surface area contributed by atoms with Crippen molar-refractivity contribution in [3.63, 3.8) is 0 Å². The fourth-order valence-electron chi connectivity index (χ4n) is 1.97. The molecule has 0 aliphatic heterocycles. The van der Waals surface area contributed by atoms with Gasteiger partial charge in [-0.3, -0.25) is 15.0 Å². The van der Waals surface area contributed by atoms with E-state index in [1.54, 1.807) is 29.1 Å². The van der Waals surface area contributed by atoms with E-state index in [0.717, 1.165) is 17.4 Å². The predicted octanol–water partition coefficient (Wildman–Crippen LogP) is 2.27. The van der Waals surface area contributed by atoms with E-state index in [2.05, 4.69) is 15.6 Å². The Hall–Kier alpha value is -2.18. The van der Waals surface area contributed by atoms with Crippen LogP contribution >= 0.6 is 11.3 Å². The molecule has 19 heavy (non-hydrogen) atoms. The van der Waals surface area contributed by atoms with Crippen molar-refractivity contribution >= 4 is 28.1 Å². The molecule has 0 atom stereocenters. The Morgan fingerprint density at radius 2 is 2.37 bits per heavy atom. The smallest absolute Gasteiger partial charge is 0.293 e. The minimum Gasteiger partial charge on any atom is -0.342 e. The van der Waals surface area contributed by atoms with E-state index in [0.29, 0.717) is 0 Å². The topological polar surface area (TPSA) is 67.2 Å². The van der Waals surface area contributed by atoms with Crippen LogP contribution in [0.25, 0.3) is 10.9 Å². The van der Waals surface area contributed by atoms with Crippen molar-refractivity contribution in [3.8, 4) is 0 Å². The second-order valence-electron chi connectivity index (χ2n) is 4.09. The van der Waals surface area contributed by atoms with Gasteiger partial charge in [0.1, 0.15) is 5.69 Å². The second kappa shape index (κ2) is 4.83. The third-order valence-corrected chi connectivity index (χ3v) is 3.76. The first-order chi connectivity index (χ1) is 9.28. The van der Waals surface area contributed by atoms with E-state index < -0.39 is 5.91 Å². The molecule has 0 fully saturated rings. The van der Waals surface area contributed by atoms with E-state index in [9.17, 15) is 4.79 Å². The molecule has 0 saturated carbocycles. The number of carbonyl (C=O) groups is 1. The summed E-state index contributed by atoms with van der Waals surface area (Å²) in [4.78, 5) is 16.6. The lowest BCUT2D eigenvalue weighted by molar-refractivity contribution is 0.0701. The molecule has 96 valence electrons. The number of carbonyl (C=O) groups excluding carboxylic acids is 1. The highest BCUT2D eigenvalue weighted by atomic mass is 32.1. The third-order valence-electron chi connectivity index (χ3n) is 2.90. The van der Waals surface area contributed by atoms with Crippen LogP contribution < -0.4 is 5.48 Å². The zero-order valence-electron chi connectivity index (χ0n) is 9.91. The van der Waals surface area contributed by atoms with Crippen LogP contribution in [0.15, 0.2) is 42.0 Å². The van der Waals surface area contributed by atoms with Gasteiger partial charge in [-0.2, -0.15) is 0 Å². The Kier molecular flexibility index (Phi) is 3.02. The minimum absolute atomic E-state index is 0.195. The number of rotatable bonds is 3. The number of thiophene rings is 1. The number of hydrogen-bond acceptors (Lipinski definition) is 4. The van der Waals surface area contributed by atoms with E-state index >= 15 is 0 Å². The van der Waals surface area contributed by atoms with Crippen molar-refractivity contribution in [3.05, 3.63) is 52.6 Å². The van der Waals surface area contributed by atoms with E-state index in [1.807, 2.05) is 23.7 Å². The van der Waals surface area contributed by atoms with Gasteiger partial charge in [0.25, 0.3) is 5.91 Å². The van der Waals surface area contributed by atoms with Gasteiger partial charge in [0, 0.05) is 22.7 Å². The molecule has 0 radical (unpaired) electrons. The molecule has 6 heteroatoms. The summed E-state index contributed by atoms with van der Waals surface area (Å²) in [7, 11) is 0. The van der Waals surface area contributed by atoms with Gasteiger partial charge in [0.2, 0.25) is 0 Å². The molecular formula is C13H11N3O2S. The molecule has 0 aromatic carbocycles. The summed E-state index contributed by atoms with van der Waals surface area (Å²) in [6.07, 6.45) is 3.59. The zero-order chi connectivity index (χ0) is 13.2. The largest absolute Gasteiger partial charge is 0.342 e. The summed E-state index contributed by atoms with van der Waals surface area (Å²) in [5, 5.41) is 11.6. The first kappa shape index (κ1) is 11.9. The monoisotopic (exact) mass is 273 g/mol. The van der Waals surface area contributed by atoms with Crippen molar-refractivity contribution in [2.45, 2.75) is 6.54 Å². The van der Waals surface area contributed by atoms with Gasteiger partial charge in [-0.15, -0.1) is 11.3 Å². The number of nitrogens with one attached hydrogen (secondary N) is 1. The minimum atomic E-state index is -0.606. The Labute approximate surface area is 113 Å². The van der Waals surface area contributed by atoms with Crippen LogP contribution in [0.3, 0.4) is 0 Å². The van der Waals surface area contributed by atoms with Gasteiger partial charge in [0.05, 0.1) is 12.1 Å². The summed E-state index contributed by atoms with van der Waals surface area (Å²) in [5.74, 6) is -0.606. The van der Waals surface area contributed by atoms with Crippen molar-refractivity contribution < 1.29 is 10.0 Å². The number of nitrogens with zero attached hydrogens (tertiary/aromatic N) is 2. The lowest BCUT2D eigenvalue weighted by Gasteiger charge is -2.04. The molecule has 3 aromatic rings. The molecule has 2 N–H and O–H groups in total. The number of pyridine rings is 1. The lowest BCUT2D eigenvalue weighted by Crippen LogP contribution is -2.19. The molecule has 1 amide bonds. The third kappa shape index (κ3) is 2.23. The Morgan fingerprint density at radius 3 is 3.11 bits per heavy atom. The van der Waals surface area contributed by atoms with Crippen LogP contribution in [-0.2, 0) is 6.54 Å². The summed E-state index contributed by atoms with van der Waals surface area (Å²) in [5.41, 5.74) is 2.71. The zero-order valence-corrected chi connectivity index (χ0v) is 10.7. The number of amides is 1. The van der Waals surface area contributed by atoms with Crippen molar-refractivity contribution in [2.24, 2.45) is 0 Å². The normalized spacial score (nSPS) is 10.8. The van der Waals surface area contributed by atoms with Crippen LogP contribution in [0.1, 0.15) is 15.4 Å². The number of aromatic nitrogens is 2. The van der Waals surface area contributed by atoms with E-state index in [4.69, 9.17) is 5.21 Å². The summed E-state index contributed by atoms with van der Waals surface area (Å²) in [6.45, 7) is 0.755. The quantitative estimate of drug-likeness (QED) is 0.568. The Bertz CT molecular complexity index is 719. The van der Waals surface area contributed by atoms with Crippen LogP contribution in [0, 0.1) is 0 Å². The fraction of sp³-hybridized carbons (Fsp3) is 0.0769. The van der Waals surface area contributed by atoms with E-state index in [1.165, 1.54) is 4.88 Å². The van der Waals surface area contributed by atoms with Crippen LogP contribution in [0.4, 0.5) is 0 Å². The molecule has 3 rings (SSSR count). The number of hydrogen-bond donors (Lipinski definition) is 2. The number of fused-ring (bicyclic) bond motifs is 1. The summed E-state index contributed by atoms with van der Waals surface area (Å²) in [6, 6.07) is 7.71. The van der Waals surface area contributed by atoms with Crippen molar-refractivity contribution in [2.75, 3.05) is 0 Å². The molecule has 0 aliphatic rings. The number of hydroxylamine groups is 1. The molecule has 3 aromatic heterocycles. The standard InChI is InChI=1S/C13H11N3O2S/c17-13(15-18)11-6-12-9(7-14-11)3-4-16(12)8-10-2-1-5-19-10/h1-7,18H,8H2,(H,15,17). The van der Waals surface area contributed by atoms with Gasteiger partial charge in [0.15, 0.2) is 0 Å². The first-order valence-corrected chi connectivity index (χ1v) is 6.57. The molecule has 0 aliphatic carbocycles.